The Hall–Kier alpha value is -1.66. The first-order chi connectivity index (χ1) is 10.3. The van der Waals surface area contributed by atoms with Crippen LogP contribution < -0.4 is 10.6 Å². The second kappa shape index (κ2) is 5.27. The molecule has 4 rings (SSSR count). The summed E-state index contributed by atoms with van der Waals surface area (Å²) in [4.78, 5) is 9.59. The van der Waals surface area contributed by atoms with Crippen molar-refractivity contribution in [1.82, 2.24) is 19.5 Å². The Labute approximate surface area is 124 Å². The van der Waals surface area contributed by atoms with Crippen LogP contribution in [-0.4, -0.2) is 57.8 Å². The number of anilines is 1. The second-order valence-corrected chi connectivity index (χ2v) is 6.17. The van der Waals surface area contributed by atoms with Crippen molar-refractivity contribution in [1.29, 1.82) is 0 Å². The van der Waals surface area contributed by atoms with E-state index in [0.717, 1.165) is 50.4 Å². The normalized spacial score (nSPS) is 25.0. The van der Waals surface area contributed by atoms with Crippen LogP contribution in [0.15, 0.2) is 24.7 Å². The molecule has 6 heteroatoms. The summed E-state index contributed by atoms with van der Waals surface area (Å²) in [6.45, 7) is 4.42. The lowest BCUT2D eigenvalue weighted by Gasteiger charge is -2.34. The van der Waals surface area contributed by atoms with Gasteiger partial charge < -0.3 is 10.6 Å². The van der Waals surface area contributed by atoms with Crippen LogP contribution in [-0.2, 0) is 0 Å². The van der Waals surface area contributed by atoms with E-state index in [2.05, 4.69) is 19.9 Å². The zero-order valence-electron chi connectivity index (χ0n) is 12.2. The first-order valence-electron chi connectivity index (χ1n) is 7.84. The number of rotatable bonds is 2. The van der Waals surface area contributed by atoms with Crippen LogP contribution in [0.25, 0.3) is 5.52 Å². The lowest BCUT2D eigenvalue weighted by molar-refractivity contribution is 0.163. The molecule has 2 aliphatic heterocycles. The summed E-state index contributed by atoms with van der Waals surface area (Å²) in [7, 11) is 0. The van der Waals surface area contributed by atoms with Crippen molar-refractivity contribution in [3.63, 3.8) is 0 Å². The molecule has 1 unspecified atom stereocenters. The highest BCUT2D eigenvalue weighted by molar-refractivity contribution is 5.68. The molecule has 0 aliphatic carbocycles. The minimum Gasteiger partial charge on any atom is -0.353 e. The van der Waals surface area contributed by atoms with Gasteiger partial charge in [0, 0.05) is 37.6 Å². The van der Waals surface area contributed by atoms with Crippen molar-refractivity contribution in [2.24, 2.45) is 5.73 Å². The molecule has 0 amide bonds. The molecular formula is C15H22N6. The van der Waals surface area contributed by atoms with Crippen LogP contribution in [0.1, 0.15) is 19.3 Å². The Morgan fingerprint density at radius 1 is 1.10 bits per heavy atom. The maximum atomic E-state index is 6.01. The van der Waals surface area contributed by atoms with Gasteiger partial charge in [-0.25, -0.2) is 9.50 Å². The number of hydrogen-bond donors (Lipinski definition) is 1. The number of nitrogens with two attached hydrogens (primary N) is 1. The molecule has 0 aromatic carbocycles. The molecular weight excluding hydrogens is 264 g/mol. The fourth-order valence-electron chi connectivity index (χ4n) is 3.60. The quantitative estimate of drug-likeness (QED) is 0.882. The van der Waals surface area contributed by atoms with Gasteiger partial charge in [0.2, 0.25) is 0 Å². The van der Waals surface area contributed by atoms with E-state index in [1.807, 2.05) is 29.2 Å². The fraction of sp³-hybridized carbons (Fsp3) is 0.600. The lowest BCUT2D eigenvalue weighted by Crippen LogP contribution is -2.46. The summed E-state index contributed by atoms with van der Waals surface area (Å²) in [5.74, 6) is 1.06. The first-order valence-corrected chi connectivity index (χ1v) is 7.84. The summed E-state index contributed by atoms with van der Waals surface area (Å²) in [5.41, 5.74) is 7.10. The summed E-state index contributed by atoms with van der Waals surface area (Å²) in [5, 5.41) is 4.29. The number of hydrogen-bond acceptors (Lipinski definition) is 5. The van der Waals surface area contributed by atoms with Gasteiger partial charge >= 0.3 is 0 Å². The molecule has 6 nitrogen and oxygen atoms in total. The second-order valence-electron chi connectivity index (χ2n) is 6.17. The summed E-state index contributed by atoms with van der Waals surface area (Å²) < 4.78 is 1.90. The van der Waals surface area contributed by atoms with Gasteiger partial charge in [-0.15, -0.1) is 0 Å². The summed E-state index contributed by atoms with van der Waals surface area (Å²) in [6, 6.07) is 3.08. The van der Waals surface area contributed by atoms with Gasteiger partial charge in [0.1, 0.15) is 5.52 Å². The van der Waals surface area contributed by atoms with Gasteiger partial charge in [0.05, 0.1) is 6.20 Å². The molecule has 2 aromatic rings. The molecule has 112 valence electrons. The zero-order chi connectivity index (χ0) is 14.2. The van der Waals surface area contributed by atoms with E-state index in [-0.39, 0.29) is 0 Å². The lowest BCUT2D eigenvalue weighted by atomic mass is 10.0. The van der Waals surface area contributed by atoms with Crippen LogP contribution in [0.2, 0.25) is 0 Å². The smallest absolute Gasteiger partial charge is 0.154 e. The van der Waals surface area contributed by atoms with Crippen molar-refractivity contribution >= 4 is 11.3 Å². The standard InChI is InChI=1S/C15H22N6/c16-12-2-7-19(8-3-12)13-4-9-20(11-13)15-14-1-5-18-21(14)10-6-17-15/h1,5-6,10,12-13H,2-4,7-9,11,16H2. The molecule has 2 fully saturated rings. The number of aromatic nitrogens is 3. The van der Waals surface area contributed by atoms with Gasteiger partial charge in [-0.3, -0.25) is 4.90 Å². The predicted molar refractivity (Wildman–Crippen MR) is 82.4 cm³/mol. The van der Waals surface area contributed by atoms with E-state index >= 15 is 0 Å². The molecule has 2 aliphatic rings. The van der Waals surface area contributed by atoms with E-state index in [0.29, 0.717) is 12.1 Å². The van der Waals surface area contributed by atoms with Crippen molar-refractivity contribution in [2.45, 2.75) is 31.3 Å². The average Bonchev–Trinajstić information content (AvgIpc) is 3.16. The van der Waals surface area contributed by atoms with Gasteiger partial charge in [0.25, 0.3) is 0 Å². The van der Waals surface area contributed by atoms with Crippen molar-refractivity contribution in [3.8, 4) is 0 Å². The van der Waals surface area contributed by atoms with Gasteiger partial charge in [-0.05, 0) is 38.4 Å². The molecule has 0 spiro atoms. The largest absolute Gasteiger partial charge is 0.353 e. The highest BCUT2D eigenvalue weighted by Gasteiger charge is 2.31. The molecule has 1 atom stereocenters. The monoisotopic (exact) mass is 286 g/mol. The third-order valence-corrected chi connectivity index (χ3v) is 4.86. The van der Waals surface area contributed by atoms with Gasteiger partial charge in [-0.1, -0.05) is 0 Å². The fourth-order valence-corrected chi connectivity index (χ4v) is 3.60. The Kier molecular flexibility index (Phi) is 3.27. The van der Waals surface area contributed by atoms with Gasteiger partial charge in [0.15, 0.2) is 5.82 Å². The maximum Gasteiger partial charge on any atom is 0.154 e. The zero-order valence-corrected chi connectivity index (χ0v) is 12.2. The van der Waals surface area contributed by atoms with Crippen LogP contribution >= 0.6 is 0 Å². The van der Waals surface area contributed by atoms with Gasteiger partial charge in [-0.2, -0.15) is 5.10 Å². The van der Waals surface area contributed by atoms with Crippen molar-refractivity contribution < 1.29 is 0 Å². The van der Waals surface area contributed by atoms with Crippen LogP contribution in [0.4, 0.5) is 5.82 Å². The van der Waals surface area contributed by atoms with E-state index < -0.39 is 0 Å². The molecule has 2 saturated heterocycles. The molecule has 0 bridgehead atoms. The van der Waals surface area contributed by atoms with Crippen LogP contribution in [0.3, 0.4) is 0 Å². The summed E-state index contributed by atoms with van der Waals surface area (Å²) >= 11 is 0. The molecule has 0 saturated carbocycles. The van der Waals surface area contributed by atoms with Crippen molar-refractivity contribution in [2.75, 3.05) is 31.1 Å². The predicted octanol–water partition coefficient (Wildman–Crippen LogP) is 0.731. The van der Waals surface area contributed by atoms with E-state index in [9.17, 15) is 0 Å². The molecule has 4 heterocycles. The third-order valence-electron chi connectivity index (χ3n) is 4.86. The van der Waals surface area contributed by atoms with Crippen LogP contribution in [0.5, 0.6) is 0 Å². The number of likely N-dealkylation sites (tertiary alicyclic amines) is 1. The Morgan fingerprint density at radius 3 is 2.81 bits per heavy atom. The minimum atomic E-state index is 0.404. The molecule has 0 radical (unpaired) electrons. The Morgan fingerprint density at radius 2 is 1.95 bits per heavy atom. The Bertz CT molecular complexity index is 615. The molecule has 21 heavy (non-hydrogen) atoms. The van der Waals surface area contributed by atoms with E-state index in [4.69, 9.17) is 5.73 Å². The topological polar surface area (TPSA) is 62.7 Å². The molecule has 2 aromatic heterocycles. The van der Waals surface area contributed by atoms with Crippen LogP contribution in [0, 0.1) is 0 Å². The third kappa shape index (κ3) is 2.38. The first kappa shape index (κ1) is 13.0. The Balaban J connectivity index is 1.50. The highest BCUT2D eigenvalue weighted by Crippen LogP contribution is 2.26. The number of piperidine rings is 1. The SMILES string of the molecule is NC1CCN(C2CCN(c3nccn4nccc34)C2)CC1. The summed E-state index contributed by atoms with van der Waals surface area (Å²) in [6.07, 6.45) is 9.05. The number of nitrogens with zero attached hydrogens (tertiary/aromatic N) is 5. The molecule has 2 N–H and O–H groups in total. The van der Waals surface area contributed by atoms with E-state index in [1.54, 1.807) is 0 Å². The number of fused-ring (bicyclic) bond motifs is 1. The highest BCUT2D eigenvalue weighted by atomic mass is 15.3. The van der Waals surface area contributed by atoms with E-state index in [1.165, 1.54) is 6.42 Å². The minimum absolute atomic E-state index is 0.404. The average molecular weight is 286 g/mol. The van der Waals surface area contributed by atoms with Crippen molar-refractivity contribution in [3.05, 3.63) is 24.7 Å². The maximum absolute atomic E-state index is 6.01.